The third-order valence-corrected chi connectivity index (χ3v) is 3.39. The van der Waals surface area contributed by atoms with Crippen molar-refractivity contribution in [1.29, 1.82) is 0 Å². The normalized spacial score (nSPS) is 10.2. The van der Waals surface area contributed by atoms with E-state index in [-0.39, 0.29) is 0 Å². The molecule has 0 aromatic heterocycles. The van der Waals surface area contributed by atoms with Gasteiger partial charge in [0.2, 0.25) is 0 Å². The summed E-state index contributed by atoms with van der Waals surface area (Å²) in [6.45, 7) is 0. The first-order valence-corrected chi connectivity index (χ1v) is 6.50. The van der Waals surface area contributed by atoms with Gasteiger partial charge in [-0.05, 0) is 46.3 Å². The molecule has 0 atom stereocenters. The fourth-order valence-corrected chi connectivity index (χ4v) is 2.28. The molecule has 2 aromatic rings. The van der Waals surface area contributed by atoms with Gasteiger partial charge in [0.15, 0.2) is 0 Å². The van der Waals surface area contributed by atoms with Crippen molar-refractivity contribution in [2.45, 2.75) is 0 Å². The Morgan fingerprint density at radius 3 is 2.38 bits per heavy atom. The van der Waals surface area contributed by atoms with Gasteiger partial charge in [-0.15, -0.1) is 0 Å². The van der Waals surface area contributed by atoms with Crippen molar-refractivity contribution in [2.24, 2.45) is 0 Å². The Morgan fingerprint density at radius 2 is 1.69 bits per heavy atom. The zero-order valence-corrected chi connectivity index (χ0v) is 12.0. The van der Waals surface area contributed by atoms with Crippen LogP contribution in [0.4, 0.5) is 0 Å². The van der Waals surface area contributed by atoms with E-state index in [0.29, 0.717) is 10.8 Å². The quantitative estimate of drug-likeness (QED) is 0.670. The molecule has 1 nitrogen and oxygen atoms in total. The first-order chi connectivity index (χ1) is 7.66. The van der Waals surface area contributed by atoms with Gasteiger partial charge in [0.25, 0.3) is 0 Å². The molecular formula is C12H7Br2ClO. The van der Waals surface area contributed by atoms with Gasteiger partial charge in [-0.2, -0.15) is 0 Å². The van der Waals surface area contributed by atoms with Gasteiger partial charge in [-0.25, -0.2) is 0 Å². The summed E-state index contributed by atoms with van der Waals surface area (Å²) in [5, 5.41) is 0.574. The molecule has 2 rings (SSSR count). The summed E-state index contributed by atoms with van der Waals surface area (Å²) in [6.07, 6.45) is 0. The van der Waals surface area contributed by atoms with Crippen LogP contribution < -0.4 is 4.74 Å². The second-order valence-electron chi connectivity index (χ2n) is 3.11. The fraction of sp³-hybridized carbons (Fsp3) is 0. The second kappa shape index (κ2) is 5.21. The Kier molecular flexibility index (Phi) is 3.90. The van der Waals surface area contributed by atoms with E-state index < -0.39 is 0 Å². The smallest absolute Gasteiger partial charge is 0.146 e. The van der Waals surface area contributed by atoms with Gasteiger partial charge in [-0.3, -0.25) is 0 Å². The van der Waals surface area contributed by atoms with Crippen molar-refractivity contribution < 1.29 is 4.74 Å². The highest BCUT2D eigenvalue weighted by Crippen LogP contribution is 2.34. The minimum absolute atomic E-state index is 0.574. The van der Waals surface area contributed by atoms with Crippen LogP contribution in [0.1, 0.15) is 0 Å². The highest BCUT2D eigenvalue weighted by atomic mass is 79.9. The molecule has 0 fully saturated rings. The SMILES string of the molecule is Clc1cc(Br)ccc1Oc1ccccc1Br. The molecule has 82 valence electrons. The largest absolute Gasteiger partial charge is 0.455 e. The van der Waals surface area contributed by atoms with Crippen LogP contribution in [0.2, 0.25) is 5.02 Å². The Morgan fingerprint density at radius 1 is 0.938 bits per heavy atom. The molecule has 0 saturated heterocycles. The van der Waals surface area contributed by atoms with E-state index >= 15 is 0 Å². The standard InChI is InChI=1S/C12H7Br2ClO/c13-8-5-6-12(10(15)7-8)16-11-4-2-1-3-9(11)14/h1-7H. The lowest BCUT2D eigenvalue weighted by Crippen LogP contribution is -1.86. The third-order valence-electron chi connectivity index (χ3n) is 1.95. The number of rotatable bonds is 2. The molecule has 0 amide bonds. The summed E-state index contributed by atoms with van der Waals surface area (Å²) in [7, 11) is 0. The van der Waals surface area contributed by atoms with Crippen molar-refractivity contribution in [1.82, 2.24) is 0 Å². The first kappa shape index (κ1) is 12.0. The van der Waals surface area contributed by atoms with Gasteiger partial charge in [0.1, 0.15) is 11.5 Å². The molecule has 0 radical (unpaired) electrons. The predicted molar refractivity (Wildman–Crippen MR) is 73.4 cm³/mol. The molecule has 4 heteroatoms. The van der Waals surface area contributed by atoms with Crippen molar-refractivity contribution in [3.05, 3.63) is 56.4 Å². The van der Waals surface area contributed by atoms with Crippen LogP contribution in [-0.4, -0.2) is 0 Å². The lowest BCUT2D eigenvalue weighted by Gasteiger charge is -2.09. The maximum absolute atomic E-state index is 6.06. The molecule has 0 aliphatic heterocycles. The average Bonchev–Trinajstić information content (AvgIpc) is 2.25. The maximum Gasteiger partial charge on any atom is 0.146 e. The molecular weight excluding hydrogens is 355 g/mol. The van der Waals surface area contributed by atoms with Crippen molar-refractivity contribution >= 4 is 43.5 Å². The van der Waals surface area contributed by atoms with E-state index in [9.17, 15) is 0 Å². The summed E-state index contributed by atoms with van der Waals surface area (Å²) in [5.41, 5.74) is 0. The Labute approximate surface area is 116 Å². The Hall–Kier alpha value is -0.510. The van der Waals surface area contributed by atoms with E-state index in [1.165, 1.54) is 0 Å². The second-order valence-corrected chi connectivity index (χ2v) is 5.28. The molecule has 0 heterocycles. The van der Waals surface area contributed by atoms with Crippen LogP contribution in [0.3, 0.4) is 0 Å². The topological polar surface area (TPSA) is 9.23 Å². The van der Waals surface area contributed by atoms with Crippen LogP contribution >= 0.6 is 43.5 Å². The number of para-hydroxylation sites is 1. The van der Waals surface area contributed by atoms with E-state index in [4.69, 9.17) is 16.3 Å². The van der Waals surface area contributed by atoms with Gasteiger partial charge in [0, 0.05) is 4.47 Å². The predicted octanol–water partition coefficient (Wildman–Crippen LogP) is 5.66. The number of benzene rings is 2. The molecule has 0 saturated carbocycles. The molecule has 0 N–H and O–H groups in total. The van der Waals surface area contributed by atoms with Crippen LogP contribution in [-0.2, 0) is 0 Å². The number of hydrogen-bond donors (Lipinski definition) is 0. The lowest BCUT2D eigenvalue weighted by molar-refractivity contribution is 0.480. The summed E-state index contributed by atoms with van der Waals surface area (Å²) in [5.74, 6) is 1.38. The number of ether oxygens (including phenoxy) is 1. The molecule has 0 aliphatic carbocycles. The molecule has 0 unspecified atom stereocenters. The van der Waals surface area contributed by atoms with E-state index in [2.05, 4.69) is 31.9 Å². The summed E-state index contributed by atoms with van der Waals surface area (Å²) in [4.78, 5) is 0. The first-order valence-electron chi connectivity index (χ1n) is 4.54. The van der Waals surface area contributed by atoms with E-state index in [1.54, 1.807) is 6.07 Å². The molecule has 0 bridgehead atoms. The summed E-state index contributed by atoms with van der Waals surface area (Å²) >= 11 is 12.8. The summed E-state index contributed by atoms with van der Waals surface area (Å²) < 4.78 is 7.52. The molecule has 16 heavy (non-hydrogen) atoms. The van der Waals surface area contributed by atoms with Crippen LogP contribution in [0.15, 0.2) is 51.4 Å². The Bertz CT molecular complexity index is 514. The minimum atomic E-state index is 0.574. The lowest BCUT2D eigenvalue weighted by atomic mass is 10.3. The van der Waals surface area contributed by atoms with Crippen molar-refractivity contribution in [3.8, 4) is 11.5 Å². The molecule has 2 aromatic carbocycles. The minimum Gasteiger partial charge on any atom is -0.455 e. The fourth-order valence-electron chi connectivity index (χ4n) is 1.20. The van der Waals surface area contributed by atoms with E-state index in [1.807, 2.05) is 36.4 Å². The van der Waals surface area contributed by atoms with Gasteiger partial charge < -0.3 is 4.74 Å². The number of halogens is 3. The van der Waals surface area contributed by atoms with Gasteiger partial charge >= 0.3 is 0 Å². The van der Waals surface area contributed by atoms with Gasteiger partial charge in [-0.1, -0.05) is 39.7 Å². The Balaban J connectivity index is 2.31. The average molecular weight is 362 g/mol. The van der Waals surface area contributed by atoms with Crippen LogP contribution in [0, 0.1) is 0 Å². The third kappa shape index (κ3) is 2.78. The maximum atomic E-state index is 6.06. The van der Waals surface area contributed by atoms with Crippen molar-refractivity contribution in [3.63, 3.8) is 0 Å². The molecule has 0 spiro atoms. The van der Waals surface area contributed by atoms with E-state index in [0.717, 1.165) is 14.7 Å². The van der Waals surface area contributed by atoms with Crippen LogP contribution in [0.5, 0.6) is 11.5 Å². The van der Waals surface area contributed by atoms with Gasteiger partial charge in [0.05, 0.1) is 9.50 Å². The number of hydrogen-bond acceptors (Lipinski definition) is 1. The molecule has 0 aliphatic rings. The zero-order valence-electron chi connectivity index (χ0n) is 8.08. The highest BCUT2D eigenvalue weighted by molar-refractivity contribution is 9.10. The highest BCUT2D eigenvalue weighted by Gasteiger charge is 2.05. The van der Waals surface area contributed by atoms with Crippen LogP contribution in [0.25, 0.3) is 0 Å². The van der Waals surface area contributed by atoms with Crippen molar-refractivity contribution in [2.75, 3.05) is 0 Å². The zero-order chi connectivity index (χ0) is 11.5. The summed E-state index contributed by atoms with van der Waals surface area (Å²) in [6, 6.07) is 13.1. The monoisotopic (exact) mass is 360 g/mol.